The molecule has 120 valence electrons. The summed E-state index contributed by atoms with van der Waals surface area (Å²) in [5.41, 5.74) is 0.719. The molecule has 5 nitrogen and oxygen atoms in total. The highest BCUT2D eigenvalue weighted by Gasteiger charge is 2.12. The first-order valence-corrected chi connectivity index (χ1v) is 9.13. The molecule has 4 aromatic rings. The van der Waals surface area contributed by atoms with Crippen LogP contribution in [0.2, 0.25) is 0 Å². The van der Waals surface area contributed by atoms with Gasteiger partial charge < -0.3 is 4.74 Å². The molecule has 3 heterocycles. The lowest BCUT2D eigenvalue weighted by Gasteiger charge is -2.05. The van der Waals surface area contributed by atoms with Crippen molar-refractivity contribution in [1.29, 1.82) is 0 Å². The Kier molecular flexibility index (Phi) is 3.87. The van der Waals surface area contributed by atoms with Gasteiger partial charge in [-0.15, -0.1) is 16.4 Å². The number of hydrogen-bond donors (Lipinski definition) is 0. The number of nitrogens with zero attached hydrogens (tertiary/aromatic N) is 3. The predicted octanol–water partition coefficient (Wildman–Crippen LogP) is 2.83. The van der Waals surface area contributed by atoms with Crippen LogP contribution >= 0.6 is 22.7 Å². The summed E-state index contributed by atoms with van der Waals surface area (Å²) in [7, 11) is 0. The molecule has 0 N–H and O–H groups in total. The number of aromatic nitrogens is 3. The molecule has 1 aromatic carbocycles. The minimum Gasteiger partial charge on any atom is -0.493 e. The maximum Gasteiger partial charge on any atom is 0.291 e. The third-order valence-corrected chi connectivity index (χ3v) is 5.25. The third-order valence-electron chi connectivity index (χ3n) is 3.43. The van der Waals surface area contributed by atoms with Crippen LogP contribution in [0.3, 0.4) is 0 Å². The van der Waals surface area contributed by atoms with E-state index in [2.05, 4.69) is 10.1 Å². The number of ether oxygens (including phenoxy) is 1. The number of thiophene rings is 1. The summed E-state index contributed by atoms with van der Waals surface area (Å²) in [6, 6.07) is 11.5. The van der Waals surface area contributed by atoms with Crippen molar-refractivity contribution < 1.29 is 4.74 Å². The smallest absolute Gasteiger partial charge is 0.291 e. The second kappa shape index (κ2) is 6.18. The van der Waals surface area contributed by atoms with Gasteiger partial charge in [0.15, 0.2) is 5.82 Å². The molecule has 0 aliphatic heterocycles. The summed E-state index contributed by atoms with van der Waals surface area (Å²) in [6.07, 6.45) is 1.83. The van der Waals surface area contributed by atoms with Crippen LogP contribution < -0.4 is 14.8 Å². The van der Waals surface area contributed by atoms with E-state index >= 15 is 0 Å². The number of para-hydroxylation sites is 1. The number of rotatable bonds is 4. The molecule has 0 bridgehead atoms. The van der Waals surface area contributed by atoms with Crippen LogP contribution in [0.4, 0.5) is 0 Å². The van der Waals surface area contributed by atoms with Crippen molar-refractivity contribution in [2.24, 2.45) is 0 Å². The van der Waals surface area contributed by atoms with Crippen molar-refractivity contribution in [1.82, 2.24) is 14.6 Å². The summed E-state index contributed by atoms with van der Waals surface area (Å²) < 4.78 is 7.57. The molecule has 0 atom stereocenters. The van der Waals surface area contributed by atoms with E-state index in [-0.39, 0.29) is 5.56 Å². The Morgan fingerprint density at radius 2 is 2.12 bits per heavy atom. The first-order chi connectivity index (χ1) is 11.8. The maximum atomic E-state index is 12.6. The molecule has 3 aromatic heterocycles. The Bertz CT molecular complexity index is 1100. The third kappa shape index (κ3) is 2.61. The molecule has 7 heteroatoms. The van der Waals surface area contributed by atoms with Crippen LogP contribution in [0.15, 0.2) is 46.6 Å². The van der Waals surface area contributed by atoms with Crippen molar-refractivity contribution >= 4 is 33.7 Å². The summed E-state index contributed by atoms with van der Waals surface area (Å²) >= 11 is 2.89. The molecule has 0 unspecified atom stereocenters. The van der Waals surface area contributed by atoms with Crippen molar-refractivity contribution in [3.05, 3.63) is 62.2 Å². The Balaban J connectivity index is 1.82. The molecule has 0 spiro atoms. The minimum absolute atomic E-state index is 0.156. The topological polar surface area (TPSA) is 56.5 Å². The first kappa shape index (κ1) is 15.0. The zero-order valence-corrected chi connectivity index (χ0v) is 14.4. The number of benzene rings is 1. The lowest BCUT2D eigenvalue weighted by Crippen LogP contribution is -2.23. The standard InChI is InChI=1S/C17H13N3O2S2/c1-2-22-12-7-4-3-6-11(12)10-14-16(21)20-17(24-14)18-15(19-20)13-8-5-9-23-13/h3-10H,2H2,1H3/b14-10+. The van der Waals surface area contributed by atoms with E-state index in [0.717, 1.165) is 16.2 Å². The molecule has 0 saturated carbocycles. The number of thiazole rings is 1. The van der Waals surface area contributed by atoms with Crippen LogP contribution in [0.1, 0.15) is 12.5 Å². The molecule has 0 aliphatic rings. The zero-order chi connectivity index (χ0) is 16.5. The number of hydrogen-bond acceptors (Lipinski definition) is 6. The van der Waals surface area contributed by atoms with E-state index < -0.39 is 0 Å². The van der Waals surface area contributed by atoms with Gasteiger partial charge in [-0.1, -0.05) is 35.6 Å². The van der Waals surface area contributed by atoms with Gasteiger partial charge in [-0.3, -0.25) is 4.79 Å². The summed E-state index contributed by atoms with van der Waals surface area (Å²) in [5, 5.41) is 6.30. The van der Waals surface area contributed by atoms with Crippen LogP contribution in [-0.4, -0.2) is 21.2 Å². The Hall–Kier alpha value is -2.51. The van der Waals surface area contributed by atoms with Crippen molar-refractivity contribution in [3.63, 3.8) is 0 Å². The summed E-state index contributed by atoms with van der Waals surface area (Å²) in [6.45, 7) is 2.51. The van der Waals surface area contributed by atoms with Gasteiger partial charge >= 0.3 is 0 Å². The quantitative estimate of drug-likeness (QED) is 0.565. The monoisotopic (exact) mass is 355 g/mol. The van der Waals surface area contributed by atoms with Crippen LogP contribution in [0.5, 0.6) is 5.75 Å². The molecule has 0 fully saturated rings. The zero-order valence-electron chi connectivity index (χ0n) is 12.8. The molecule has 24 heavy (non-hydrogen) atoms. The van der Waals surface area contributed by atoms with Crippen molar-refractivity contribution in [2.45, 2.75) is 6.92 Å². The fourth-order valence-electron chi connectivity index (χ4n) is 2.37. The van der Waals surface area contributed by atoms with E-state index in [0.29, 0.717) is 21.9 Å². The SMILES string of the molecule is CCOc1ccccc1/C=c1/sc2nc(-c3cccs3)nn2c1=O. The summed E-state index contributed by atoms with van der Waals surface area (Å²) in [5.74, 6) is 1.35. The Morgan fingerprint density at radius 1 is 1.25 bits per heavy atom. The van der Waals surface area contributed by atoms with Gasteiger partial charge in [-0.05, 0) is 30.5 Å². The van der Waals surface area contributed by atoms with Crippen molar-refractivity contribution in [3.8, 4) is 16.5 Å². The fraction of sp³-hybridized carbons (Fsp3) is 0.118. The molecule has 0 amide bonds. The Morgan fingerprint density at radius 3 is 2.88 bits per heavy atom. The minimum atomic E-state index is -0.156. The largest absolute Gasteiger partial charge is 0.493 e. The molecule has 0 saturated heterocycles. The van der Waals surface area contributed by atoms with E-state index in [9.17, 15) is 4.79 Å². The lowest BCUT2D eigenvalue weighted by atomic mass is 10.2. The highest BCUT2D eigenvalue weighted by molar-refractivity contribution is 7.15. The maximum absolute atomic E-state index is 12.6. The molecule has 0 radical (unpaired) electrons. The Labute approximate surface area is 145 Å². The molecular formula is C17H13N3O2S2. The van der Waals surface area contributed by atoms with Gasteiger partial charge in [0.05, 0.1) is 16.0 Å². The molecule has 4 rings (SSSR count). The van der Waals surface area contributed by atoms with Crippen molar-refractivity contribution in [2.75, 3.05) is 6.61 Å². The van der Waals surface area contributed by atoms with E-state index in [4.69, 9.17) is 4.74 Å². The van der Waals surface area contributed by atoms with Crippen LogP contribution in [-0.2, 0) is 0 Å². The van der Waals surface area contributed by atoms with Gasteiger partial charge in [0.25, 0.3) is 5.56 Å². The predicted molar refractivity (Wildman–Crippen MR) is 96.8 cm³/mol. The highest BCUT2D eigenvalue weighted by atomic mass is 32.1. The molecular weight excluding hydrogens is 342 g/mol. The van der Waals surface area contributed by atoms with E-state index in [1.807, 2.05) is 54.8 Å². The van der Waals surface area contributed by atoms with Crippen LogP contribution in [0.25, 0.3) is 21.7 Å². The number of fused-ring (bicyclic) bond motifs is 1. The second-order valence-electron chi connectivity index (χ2n) is 4.99. The average molecular weight is 355 g/mol. The summed E-state index contributed by atoms with van der Waals surface area (Å²) in [4.78, 5) is 18.6. The van der Waals surface area contributed by atoms with E-state index in [1.54, 1.807) is 11.3 Å². The van der Waals surface area contributed by atoms with Gasteiger partial charge in [0, 0.05) is 5.56 Å². The van der Waals surface area contributed by atoms with Gasteiger partial charge in [0.1, 0.15) is 5.75 Å². The second-order valence-corrected chi connectivity index (χ2v) is 6.95. The highest BCUT2D eigenvalue weighted by Crippen LogP contribution is 2.22. The van der Waals surface area contributed by atoms with Crippen LogP contribution in [0, 0.1) is 0 Å². The molecule has 0 aliphatic carbocycles. The fourth-order valence-corrected chi connectivity index (χ4v) is 3.92. The average Bonchev–Trinajstić information content (AvgIpc) is 3.29. The van der Waals surface area contributed by atoms with Gasteiger partial charge in [-0.2, -0.15) is 9.50 Å². The van der Waals surface area contributed by atoms with E-state index in [1.165, 1.54) is 15.9 Å². The lowest BCUT2D eigenvalue weighted by molar-refractivity contribution is 0.339. The van der Waals surface area contributed by atoms with Gasteiger partial charge in [0.2, 0.25) is 4.96 Å². The normalized spacial score (nSPS) is 12.1. The van der Waals surface area contributed by atoms with Gasteiger partial charge in [-0.25, -0.2) is 0 Å². The first-order valence-electron chi connectivity index (χ1n) is 7.43.